The van der Waals surface area contributed by atoms with Crippen LogP contribution in [0.5, 0.6) is 0 Å². The minimum Gasteiger partial charge on any atom is -0.478 e. The Morgan fingerprint density at radius 3 is 1.55 bits per heavy atom. The molecule has 0 saturated carbocycles. The fourth-order valence-corrected chi connectivity index (χ4v) is 4.43. The normalized spacial score (nSPS) is 11.7. The highest BCUT2D eigenvalue weighted by molar-refractivity contribution is 6.34. The molecule has 0 unspecified atom stereocenters. The maximum absolute atomic E-state index is 13.2. The van der Waals surface area contributed by atoms with Crippen molar-refractivity contribution < 1.29 is 43.3 Å². The third kappa shape index (κ3) is 9.07. The fraction of sp³-hybridized carbons (Fsp3) is 0.0625. The van der Waals surface area contributed by atoms with Crippen LogP contribution in [-0.2, 0) is 19.1 Å². The number of carbonyl (C=O) groups is 6. The lowest BCUT2D eigenvalue weighted by molar-refractivity contribution is -0.159. The second-order valence-corrected chi connectivity index (χ2v) is 10.7. The molecule has 4 N–H and O–H groups in total. The quantitative estimate of drug-likeness (QED) is 0.128. The van der Waals surface area contributed by atoms with Crippen LogP contribution in [0.25, 0.3) is 0 Å². The number of carbonyl (C=O) groups excluding carboxylic acids is 5. The van der Waals surface area contributed by atoms with Crippen molar-refractivity contribution in [3.05, 3.63) is 134 Å². The van der Waals surface area contributed by atoms with Gasteiger partial charge in [-0.2, -0.15) is 0 Å². The molecule has 4 rings (SSSR count). The molecule has 0 aliphatic rings. The van der Waals surface area contributed by atoms with Crippen molar-refractivity contribution in [1.29, 1.82) is 0 Å². The number of aliphatic carboxylic acids is 1. The number of carboxylic acid groups (broad SMARTS) is 1. The molecule has 0 aromatic heterocycles. The predicted molar refractivity (Wildman–Crippen MR) is 170 cm³/mol. The van der Waals surface area contributed by atoms with E-state index in [1.807, 2.05) is 5.43 Å². The van der Waals surface area contributed by atoms with Gasteiger partial charge >= 0.3 is 17.9 Å². The molecular weight excluding hydrogens is 677 g/mol. The first-order chi connectivity index (χ1) is 22.4. The Morgan fingerprint density at radius 1 is 0.574 bits per heavy atom. The van der Waals surface area contributed by atoms with Gasteiger partial charge in [0.2, 0.25) is 12.2 Å². The lowest BCUT2D eigenvalue weighted by Gasteiger charge is -2.24. The second-order valence-electron chi connectivity index (χ2n) is 9.43. The van der Waals surface area contributed by atoms with Crippen molar-refractivity contribution in [2.45, 2.75) is 12.2 Å². The summed E-state index contributed by atoms with van der Waals surface area (Å²) in [5, 5.41) is 12.9. The second kappa shape index (κ2) is 15.7. The van der Waals surface area contributed by atoms with E-state index in [0.717, 1.165) is 0 Å². The van der Waals surface area contributed by atoms with E-state index in [9.17, 15) is 33.9 Å². The first-order valence-electron chi connectivity index (χ1n) is 13.4. The van der Waals surface area contributed by atoms with Crippen LogP contribution in [-0.4, -0.2) is 52.9 Å². The molecule has 2 atom stereocenters. The molecule has 0 fully saturated rings. The van der Waals surface area contributed by atoms with Gasteiger partial charge in [-0.25, -0.2) is 14.4 Å². The zero-order valence-electron chi connectivity index (χ0n) is 23.7. The molecule has 0 saturated heterocycles. The molecule has 0 aliphatic carbocycles. The van der Waals surface area contributed by atoms with Crippen LogP contribution >= 0.6 is 34.8 Å². The van der Waals surface area contributed by atoms with Gasteiger partial charge < -0.3 is 19.9 Å². The zero-order chi connectivity index (χ0) is 34.1. The van der Waals surface area contributed by atoms with E-state index in [0.29, 0.717) is 16.3 Å². The standard InChI is InChI=1S/C32H22Cl3N3O9/c33-19-13-9-17(10-14-19)27(39)36-20-15-11-18(12-16-20)28(40)37-38-29(41)25(46-31(44)21-5-1-3-7-23(21)34)26(30(42)43)47-32(45)22-6-2-4-8-24(22)35/h1-16,25-26H,(H,36,39)(H,37,40)(H,38,41)(H,42,43)/t25-,26+/m0/s1. The fourth-order valence-electron chi connectivity index (χ4n) is 3.88. The van der Waals surface area contributed by atoms with Crippen LogP contribution in [0, 0.1) is 0 Å². The largest absolute Gasteiger partial charge is 0.478 e. The Hall–Kier alpha value is -5.43. The number of benzene rings is 4. The maximum atomic E-state index is 13.2. The predicted octanol–water partition coefficient (Wildman–Crippen LogP) is 5.20. The summed E-state index contributed by atoms with van der Waals surface area (Å²) in [5.41, 5.74) is 4.31. The number of hydrogen-bond acceptors (Lipinski definition) is 8. The van der Waals surface area contributed by atoms with E-state index in [-0.39, 0.29) is 26.7 Å². The average molecular weight is 699 g/mol. The number of esters is 2. The molecule has 0 aliphatic heterocycles. The molecule has 240 valence electrons. The Balaban J connectivity index is 1.48. The number of carboxylic acids is 1. The minimum atomic E-state index is -2.40. The smallest absolute Gasteiger partial charge is 0.349 e. The molecule has 4 aromatic rings. The van der Waals surface area contributed by atoms with E-state index >= 15 is 0 Å². The van der Waals surface area contributed by atoms with Gasteiger partial charge in [-0.05, 0) is 72.8 Å². The van der Waals surface area contributed by atoms with Crippen LogP contribution in [0.1, 0.15) is 41.4 Å². The lowest BCUT2D eigenvalue weighted by Crippen LogP contribution is -2.54. The third-order valence-electron chi connectivity index (χ3n) is 6.24. The number of amides is 3. The van der Waals surface area contributed by atoms with Gasteiger partial charge in [0, 0.05) is 21.8 Å². The zero-order valence-corrected chi connectivity index (χ0v) is 26.0. The monoisotopic (exact) mass is 697 g/mol. The number of hydrogen-bond donors (Lipinski definition) is 4. The summed E-state index contributed by atoms with van der Waals surface area (Å²) in [6, 6.07) is 22.8. The van der Waals surface area contributed by atoms with E-state index in [4.69, 9.17) is 44.3 Å². The summed E-state index contributed by atoms with van der Waals surface area (Å²) in [5.74, 6) is -6.98. The summed E-state index contributed by atoms with van der Waals surface area (Å²) >= 11 is 17.9. The number of anilines is 1. The Kier molecular flexibility index (Phi) is 11.5. The number of ether oxygens (including phenoxy) is 2. The topological polar surface area (TPSA) is 177 Å². The number of hydrazine groups is 1. The highest BCUT2D eigenvalue weighted by Gasteiger charge is 2.41. The highest BCUT2D eigenvalue weighted by atomic mass is 35.5. The summed E-state index contributed by atoms with van der Waals surface area (Å²) < 4.78 is 10.2. The molecule has 4 aromatic carbocycles. The van der Waals surface area contributed by atoms with E-state index in [1.165, 1.54) is 84.9 Å². The van der Waals surface area contributed by atoms with Gasteiger partial charge in [-0.1, -0.05) is 59.1 Å². The van der Waals surface area contributed by atoms with E-state index < -0.39 is 47.8 Å². The third-order valence-corrected chi connectivity index (χ3v) is 7.15. The Labute approximate surface area is 281 Å². The van der Waals surface area contributed by atoms with Gasteiger partial charge in [0.05, 0.1) is 21.2 Å². The van der Waals surface area contributed by atoms with Crippen molar-refractivity contribution >= 4 is 76.1 Å². The molecule has 0 radical (unpaired) electrons. The molecule has 12 nitrogen and oxygen atoms in total. The molecule has 3 amide bonds. The maximum Gasteiger partial charge on any atom is 0.349 e. The molecular formula is C32H22Cl3N3O9. The summed E-state index contributed by atoms with van der Waals surface area (Å²) in [6.45, 7) is 0. The van der Waals surface area contributed by atoms with Crippen LogP contribution in [0.3, 0.4) is 0 Å². The Morgan fingerprint density at radius 2 is 1.04 bits per heavy atom. The summed E-state index contributed by atoms with van der Waals surface area (Å²) in [7, 11) is 0. The van der Waals surface area contributed by atoms with E-state index in [1.54, 1.807) is 12.1 Å². The van der Waals surface area contributed by atoms with Gasteiger partial charge in [0.25, 0.3) is 17.7 Å². The molecule has 15 heteroatoms. The van der Waals surface area contributed by atoms with Crippen molar-refractivity contribution in [2.75, 3.05) is 5.32 Å². The van der Waals surface area contributed by atoms with Crippen molar-refractivity contribution in [1.82, 2.24) is 10.9 Å². The van der Waals surface area contributed by atoms with Crippen LogP contribution in [0.2, 0.25) is 15.1 Å². The van der Waals surface area contributed by atoms with Gasteiger partial charge in [-0.15, -0.1) is 0 Å². The van der Waals surface area contributed by atoms with Gasteiger partial charge in [0.1, 0.15) is 0 Å². The number of rotatable bonds is 10. The summed E-state index contributed by atoms with van der Waals surface area (Å²) in [4.78, 5) is 76.4. The first kappa shape index (κ1) is 34.4. The Bertz CT molecular complexity index is 1830. The van der Waals surface area contributed by atoms with Crippen LogP contribution in [0.15, 0.2) is 97.1 Å². The van der Waals surface area contributed by atoms with Gasteiger partial charge in [-0.3, -0.25) is 25.2 Å². The van der Waals surface area contributed by atoms with Crippen molar-refractivity contribution in [3.8, 4) is 0 Å². The number of nitrogens with one attached hydrogen (secondary N) is 3. The van der Waals surface area contributed by atoms with Crippen molar-refractivity contribution in [2.24, 2.45) is 0 Å². The van der Waals surface area contributed by atoms with Crippen molar-refractivity contribution in [3.63, 3.8) is 0 Å². The van der Waals surface area contributed by atoms with Crippen LogP contribution < -0.4 is 16.2 Å². The highest BCUT2D eigenvalue weighted by Crippen LogP contribution is 2.21. The van der Waals surface area contributed by atoms with Crippen LogP contribution in [0.4, 0.5) is 5.69 Å². The summed E-state index contributed by atoms with van der Waals surface area (Å²) in [6.07, 6.45) is -4.72. The number of halogens is 3. The lowest BCUT2D eigenvalue weighted by atomic mass is 10.1. The van der Waals surface area contributed by atoms with Gasteiger partial charge in [0.15, 0.2) is 0 Å². The minimum absolute atomic E-state index is 0.0133. The molecule has 0 heterocycles. The molecule has 0 spiro atoms. The molecule has 0 bridgehead atoms. The molecule has 47 heavy (non-hydrogen) atoms. The average Bonchev–Trinajstić information content (AvgIpc) is 3.05. The SMILES string of the molecule is O=C(NNC(=O)[C@@H](OC(=O)c1ccccc1Cl)[C@@H](OC(=O)c1ccccc1Cl)C(=O)O)c1ccc(NC(=O)c2ccc(Cl)cc2)cc1. The van der Waals surface area contributed by atoms with E-state index in [2.05, 4.69) is 10.7 Å². The first-order valence-corrected chi connectivity index (χ1v) is 14.5.